The molecule has 104 valence electrons. The van der Waals surface area contributed by atoms with Gasteiger partial charge in [-0.05, 0) is 19.1 Å². The number of carbonyl (C=O) groups is 2. The van der Waals surface area contributed by atoms with Crippen LogP contribution >= 0.6 is 0 Å². The van der Waals surface area contributed by atoms with Crippen LogP contribution in [0.3, 0.4) is 0 Å². The van der Waals surface area contributed by atoms with Crippen molar-refractivity contribution in [2.75, 3.05) is 11.9 Å². The van der Waals surface area contributed by atoms with E-state index in [4.69, 9.17) is 9.84 Å². The first-order valence-corrected chi connectivity index (χ1v) is 5.89. The number of anilines is 1. The highest BCUT2D eigenvalue weighted by Crippen LogP contribution is 2.21. The highest BCUT2D eigenvalue weighted by molar-refractivity contribution is 5.94. The zero-order valence-electron chi connectivity index (χ0n) is 10.8. The average molecular weight is 269 g/mol. The zero-order valence-corrected chi connectivity index (χ0v) is 10.8. The molecule has 0 heterocycles. The standard InChI is InChI=1S/C13H16FNO4/c1-3-19-11-5-4-9(7-10(11)14)15-13(18)8(2)6-12(16)17/h4-5,7-8H,3,6H2,1-2H3,(H,15,18)(H,16,17). The fourth-order valence-electron chi connectivity index (χ4n) is 1.47. The zero-order chi connectivity index (χ0) is 14.4. The Morgan fingerprint density at radius 1 is 1.47 bits per heavy atom. The highest BCUT2D eigenvalue weighted by atomic mass is 19.1. The number of ether oxygens (including phenoxy) is 1. The summed E-state index contributed by atoms with van der Waals surface area (Å²) in [5, 5.41) is 11.0. The van der Waals surface area contributed by atoms with Gasteiger partial charge in [0, 0.05) is 17.7 Å². The molecule has 2 N–H and O–H groups in total. The SMILES string of the molecule is CCOc1ccc(NC(=O)C(C)CC(=O)O)cc1F. The number of nitrogens with one attached hydrogen (secondary N) is 1. The third kappa shape index (κ3) is 4.57. The van der Waals surface area contributed by atoms with Crippen molar-refractivity contribution in [2.24, 2.45) is 5.92 Å². The van der Waals surface area contributed by atoms with Crippen molar-refractivity contribution < 1.29 is 23.8 Å². The fraction of sp³-hybridized carbons (Fsp3) is 0.385. The number of halogens is 1. The Hall–Kier alpha value is -2.11. The summed E-state index contributed by atoms with van der Waals surface area (Å²) >= 11 is 0. The molecule has 0 aromatic heterocycles. The normalized spacial score (nSPS) is 11.7. The van der Waals surface area contributed by atoms with E-state index in [1.807, 2.05) is 0 Å². The van der Waals surface area contributed by atoms with Gasteiger partial charge in [0.15, 0.2) is 11.6 Å². The maximum atomic E-state index is 13.5. The predicted molar refractivity (Wildman–Crippen MR) is 67.6 cm³/mol. The van der Waals surface area contributed by atoms with Gasteiger partial charge in [-0.25, -0.2) is 4.39 Å². The minimum atomic E-state index is -1.06. The van der Waals surface area contributed by atoms with E-state index < -0.39 is 23.6 Å². The summed E-state index contributed by atoms with van der Waals surface area (Å²) < 4.78 is 18.6. The summed E-state index contributed by atoms with van der Waals surface area (Å²) in [5.74, 6) is -2.68. The molecule has 0 fully saturated rings. The van der Waals surface area contributed by atoms with E-state index in [0.717, 1.165) is 6.07 Å². The van der Waals surface area contributed by atoms with Crippen LogP contribution in [0.25, 0.3) is 0 Å². The quantitative estimate of drug-likeness (QED) is 0.830. The Kier molecular flexibility index (Phi) is 5.29. The lowest BCUT2D eigenvalue weighted by molar-refractivity contribution is -0.139. The second-order valence-corrected chi connectivity index (χ2v) is 4.07. The minimum absolute atomic E-state index is 0.110. The van der Waals surface area contributed by atoms with Crippen LogP contribution in [-0.2, 0) is 9.59 Å². The van der Waals surface area contributed by atoms with E-state index in [9.17, 15) is 14.0 Å². The lowest BCUT2D eigenvalue weighted by Gasteiger charge is -2.11. The Labute approximate surface area is 110 Å². The van der Waals surface area contributed by atoms with Crippen molar-refractivity contribution in [3.63, 3.8) is 0 Å². The van der Waals surface area contributed by atoms with Crippen LogP contribution in [0.1, 0.15) is 20.3 Å². The Bertz CT molecular complexity index is 476. The molecule has 0 radical (unpaired) electrons. The van der Waals surface area contributed by atoms with Gasteiger partial charge in [-0.2, -0.15) is 0 Å². The summed E-state index contributed by atoms with van der Waals surface area (Å²) in [6.07, 6.45) is -0.272. The molecule has 0 saturated carbocycles. The second-order valence-electron chi connectivity index (χ2n) is 4.07. The summed E-state index contributed by atoms with van der Waals surface area (Å²) in [4.78, 5) is 22.1. The first-order chi connectivity index (χ1) is 8.93. The Morgan fingerprint density at radius 2 is 2.16 bits per heavy atom. The van der Waals surface area contributed by atoms with E-state index in [1.54, 1.807) is 6.92 Å². The van der Waals surface area contributed by atoms with Crippen LogP contribution in [0.2, 0.25) is 0 Å². The predicted octanol–water partition coefficient (Wildman–Crippen LogP) is 2.27. The van der Waals surface area contributed by atoms with Crippen LogP contribution < -0.4 is 10.1 Å². The van der Waals surface area contributed by atoms with E-state index in [0.29, 0.717) is 6.61 Å². The number of hydrogen-bond acceptors (Lipinski definition) is 3. The van der Waals surface area contributed by atoms with Crippen LogP contribution in [0.15, 0.2) is 18.2 Å². The van der Waals surface area contributed by atoms with Gasteiger partial charge in [-0.15, -0.1) is 0 Å². The largest absolute Gasteiger partial charge is 0.491 e. The Morgan fingerprint density at radius 3 is 2.68 bits per heavy atom. The number of hydrogen-bond donors (Lipinski definition) is 2. The number of aliphatic carboxylic acids is 1. The van der Waals surface area contributed by atoms with Crippen LogP contribution in [0.5, 0.6) is 5.75 Å². The van der Waals surface area contributed by atoms with Crippen LogP contribution in [0.4, 0.5) is 10.1 Å². The molecule has 1 unspecified atom stereocenters. The number of carbonyl (C=O) groups excluding carboxylic acids is 1. The number of rotatable bonds is 6. The topological polar surface area (TPSA) is 75.6 Å². The van der Waals surface area contributed by atoms with E-state index in [-0.39, 0.29) is 17.9 Å². The molecule has 0 aliphatic heterocycles. The molecule has 0 aliphatic carbocycles. The van der Waals surface area contributed by atoms with Crippen molar-refractivity contribution >= 4 is 17.6 Å². The van der Waals surface area contributed by atoms with Crippen LogP contribution in [-0.4, -0.2) is 23.6 Å². The van der Waals surface area contributed by atoms with Gasteiger partial charge in [0.1, 0.15) is 0 Å². The molecule has 6 heteroatoms. The van der Waals surface area contributed by atoms with Crippen molar-refractivity contribution in [2.45, 2.75) is 20.3 Å². The van der Waals surface area contributed by atoms with E-state index in [2.05, 4.69) is 5.32 Å². The van der Waals surface area contributed by atoms with Crippen molar-refractivity contribution in [3.05, 3.63) is 24.0 Å². The van der Waals surface area contributed by atoms with Crippen molar-refractivity contribution in [1.82, 2.24) is 0 Å². The van der Waals surface area contributed by atoms with Gasteiger partial charge in [-0.1, -0.05) is 6.92 Å². The molecular weight excluding hydrogens is 253 g/mol. The first kappa shape index (κ1) is 14.9. The van der Waals surface area contributed by atoms with Gasteiger partial charge >= 0.3 is 5.97 Å². The van der Waals surface area contributed by atoms with E-state index in [1.165, 1.54) is 19.1 Å². The van der Waals surface area contributed by atoms with Crippen molar-refractivity contribution in [3.8, 4) is 5.75 Å². The second kappa shape index (κ2) is 6.72. The fourth-order valence-corrected chi connectivity index (χ4v) is 1.47. The first-order valence-electron chi connectivity index (χ1n) is 5.89. The maximum Gasteiger partial charge on any atom is 0.304 e. The van der Waals surface area contributed by atoms with Gasteiger partial charge < -0.3 is 15.2 Å². The van der Waals surface area contributed by atoms with Gasteiger partial charge in [0.25, 0.3) is 0 Å². The molecule has 0 spiro atoms. The van der Waals surface area contributed by atoms with Gasteiger partial charge in [-0.3, -0.25) is 9.59 Å². The molecular formula is C13H16FNO4. The van der Waals surface area contributed by atoms with Crippen LogP contribution in [0, 0.1) is 11.7 Å². The van der Waals surface area contributed by atoms with E-state index >= 15 is 0 Å². The number of carboxylic acids is 1. The monoisotopic (exact) mass is 269 g/mol. The van der Waals surface area contributed by atoms with Gasteiger partial charge in [0.05, 0.1) is 13.0 Å². The summed E-state index contributed by atoms with van der Waals surface area (Å²) in [6, 6.07) is 4.05. The molecule has 5 nitrogen and oxygen atoms in total. The summed E-state index contributed by atoms with van der Waals surface area (Å²) in [5.41, 5.74) is 0.267. The molecule has 1 aromatic rings. The molecule has 0 saturated heterocycles. The Balaban J connectivity index is 2.69. The molecule has 0 aliphatic rings. The average Bonchev–Trinajstić information content (AvgIpc) is 2.32. The minimum Gasteiger partial charge on any atom is -0.491 e. The number of amides is 1. The highest BCUT2D eigenvalue weighted by Gasteiger charge is 2.17. The number of benzene rings is 1. The maximum absolute atomic E-state index is 13.5. The molecule has 19 heavy (non-hydrogen) atoms. The third-order valence-electron chi connectivity index (χ3n) is 2.43. The number of carboxylic acid groups (broad SMARTS) is 1. The smallest absolute Gasteiger partial charge is 0.304 e. The lowest BCUT2D eigenvalue weighted by atomic mass is 10.1. The van der Waals surface area contributed by atoms with Crippen molar-refractivity contribution in [1.29, 1.82) is 0 Å². The van der Waals surface area contributed by atoms with Gasteiger partial charge in [0.2, 0.25) is 5.91 Å². The molecule has 1 atom stereocenters. The molecule has 1 aromatic carbocycles. The third-order valence-corrected chi connectivity index (χ3v) is 2.43. The molecule has 0 bridgehead atoms. The summed E-state index contributed by atoms with van der Waals surface area (Å²) in [6.45, 7) is 3.58. The lowest BCUT2D eigenvalue weighted by Crippen LogP contribution is -2.22. The summed E-state index contributed by atoms with van der Waals surface area (Å²) in [7, 11) is 0. The molecule has 1 amide bonds. The molecule has 1 rings (SSSR count).